The van der Waals surface area contributed by atoms with E-state index in [1.807, 2.05) is 12.1 Å². The molecule has 18 heavy (non-hydrogen) atoms. The van der Waals surface area contributed by atoms with E-state index < -0.39 is 0 Å². The van der Waals surface area contributed by atoms with E-state index in [0.29, 0.717) is 18.5 Å². The van der Waals surface area contributed by atoms with Gasteiger partial charge in [-0.2, -0.15) is 0 Å². The molecule has 1 fully saturated rings. The highest BCUT2D eigenvalue weighted by Gasteiger charge is 2.21. The normalized spacial score (nSPS) is 23.7. The lowest BCUT2D eigenvalue weighted by Gasteiger charge is -2.26. The molecule has 0 aromatic carbocycles. The van der Waals surface area contributed by atoms with E-state index in [4.69, 9.17) is 15.2 Å². The molecule has 1 aromatic rings. The summed E-state index contributed by atoms with van der Waals surface area (Å²) in [5.74, 6) is 1.36. The topological polar surface area (TPSA) is 57.4 Å². The third-order valence-electron chi connectivity index (χ3n) is 3.20. The van der Waals surface area contributed by atoms with Gasteiger partial charge in [-0.3, -0.25) is 0 Å². The molecule has 0 unspecified atom stereocenters. The highest BCUT2D eigenvalue weighted by molar-refractivity contribution is 5.32. The van der Waals surface area contributed by atoms with Crippen molar-refractivity contribution in [1.82, 2.24) is 4.98 Å². The van der Waals surface area contributed by atoms with E-state index in [9.17, 15) is 0 Å². The minimum Gasteiger partial charge on any atom is -0.488 e. The van der Waals surface area contributed by atoms with Gasteiger partial charge in [-0.15, -0.1) is 0 Å². The van der Waals surface area contributed by atoms with E-state index in [1.165, 1.54) is 0 Å². The van der Waals surface area contributed by atoms with Gasteiger partial charge in [-0.05, 0) is 44.2 Å². The van der Waals surface area contributed by atoms with Gasteiger partial charge in [-0.1, -0.05) is 6.92 Å². The average molecular weight is 250 g/mol. The minimum absolute atomic E-state index is 0.226. The average Bonchev–Trinajstić information content (AvgIpc) is 2.40. The summed E-state index contributed by atoms with van der Waals surface area (Å²) in [5, 5.41) is 0. The maximum Gasteiger partial charge on any atom is 0.257 e. The summed E-state index contributed by atoms with van der Waals surface area (Å²) >= 11 is 0. The highest BCUT2D eigenvalue weighted by atomic mass is 16.5. The monoisotopic (exact) mass is 250 g/mol. The summed E-state index contributed by atoms with van der Waals surface area (Å²) in [7, 11) is 0. The van der Waals surface area contributed by atoms with E-state index in [1.54, 1.807) is 6.20 Å². The largest absolute Gasteiger partial charge is 0.488 e. The lowest BCUT2D eigenvalue weighted by atomic mass is 9.94. The van der Waals surface area contributed by atoms with Crippen molar-refractivity contribution in [2.75, 3.05) is 6.61 Å². The van der Waals surface area contributed by atoms with Gasteiger partial charge in [0, 0.05) is 12.2 Å². The number of rotatable bonds is 5. The van der Waals surface area contributed by atoms with Gasteiger partial charge in [0.2, 0.25) is 0 Å². The molecule has 2 rings (SSSR count). The van der Waals surface area contributed by atoms with Crippen LogP contribution in [0.15, 0.2) is 18.3 Å². The Morgan fingerprint density at radius 3 is 2.83 bits per heavy atom. The summed E-state index contributed by atoms with van der Waals surface area (Å²) in [4.78, 5) is 4.27. The van der Waals surface area contributed by atoms with Gasteiger partial charge in [0.1, 0.15) is 6.10 Å². The van der Waals surface area contributed by atoms with Crippen molar-refractivity contribution >= 4 is 0 Å². The molecule has 2 N–H and O–H groups in total. The fraction of sp³-hybridized carbons (Fsp3) is 0.643. The van der Waals surface area contributed by atoms with Crippen LogP contribution in [0.4, 0.5) is 0 Å². The predicted octanol–water partition coefficient (Wildman–Crippen LogP) is 2.52. The lowest BCUT2D eigenvalue weighted by Crippen LogP contribution is -2.31. The smallest absolute Gasteiger partial charge is 0.257 e. The Hall–Kier alpha value is -1.29. The van der Waals surface area contributed by atoms with Gasteiger partial charge in [0.05, 0.1) is 6.61 Å². The molecule has 1 aliphatic carbocycles. The summed E-state index contributed by atoms with van der Waals surface area (Å²) < 4.78 is 11.6. The van der Waals surface area contributed by atoms with E-state index >= 15 is 0 Å². The molecule has 1 saturated carbocycles. The van der Waals surface area contributed by atoms with E-state index in [0.717, 1.165) is 37.9 Å². The van der Waals surface area contributed by atoms with Crippen LogP contribution in [-0.4, -0.2) is 23.7 Å². The number of aromatic nitrogens is 1. The first-order chi connectivity index (χ1) is 8.79. The maximum atomic E-state index is 5.94. The first-order valence-corrected chi connectivity index (χ1v) is 6.79. The van der Waals surface area contributed by atoms with Crippen molar-refractivity contribution < 1.29 is 9.47 Å². The molecule has 4 heteroatoms. The fourth-order valence-corrected chi connectivity index (χ4v) is 2.15. The van der Waals surface area contributed by atoms with E-state index in [2.05, 4.69) is 11.9 Å². The Morgan fingerprint density at radius 2 is 2.11 bits per heavy atom. The molecule has 1 aliphatic rings. The van der Waals surface area contributed by atoms with Crippen molar-refractivity contribution in [2.24, 2.45) is 5.73 Å². The molecule has 4 nitrogen and oxygen atoms in total. The van der Waals surface area contributed by atoms with Crippen LogP contribution in [0, 0.1) is 0 Å². The van der Waals surface area contributed by atoms with Crippen molar-refractivity contribution in [3.05, 3.63) is 18.3 Å². The summed E-state index contributed by atoms with van der Waals surface area (Å²) in [6.07, 6.45) is 7.01. The summed E-state index contributed by atoms with van der Waals surface area (Å²) in [6.45, 7) is 2.77. The number of nitrogens with zero attached hydrogens (tertiary/aromatic N) is 1. The van der Waals surface area contributed by atoms with Gasteiger partial charge in [0.25, 0.3) is 5.88 Å². The van der Waals surface area contributed by atoms with Crippen LogP contribution in [0.25, 0.3) is 0 Å². The van der Waals surface area contributed by atoms with Crippen molar-refractivity contribution in [3.63, 3.8) is 0 Å². The number of ether oxygens (including phenoxy) is 2. The van der Waals surface area contributed by atoms with Gasteiger partial charge >= 0.3 is 0 Å². The van der Waals surface area contributed by atoms with Crippen LogP contribution < -0.4 is 15.2 Å². The Labute approximate surface area is 108 Å². The zero-order valence-electron chi connectivity index (χ0n) is 11.0. The van der Waals surface area contributed by atoms with Crippen LogP contribution in [-0.2, 0) is 0 Å². The molecule has 0 saturated heterocycles. The molecular weight excluding hydrogens is 228 g/mol. The predicted molar refractivity (Wildman–Crippen MR) is 70.9 cm³/mol. The van der Waals surface area contributed by atoms with Crippen LogP contribution in [0.2, 0.25) is 0 Å². The first kappa shape index (κ1) is 13.1. The third kappa shape index (κ3) is 3.60. The number of hydrogen-bond acceptors (Lipinski definition) is 4. The molecule has 0 amide bonds. The molecule has 100 valence electrons. The van der Waals surface area contributed by atoms with Gasteiger partial charge < -0.3 is 15.2 Å². The molecule has 0 radical (unpaired) electrons. The molecule has 0 bridgehead atoms. The highest BCUT2D eigenvalue weighted by Crippen LogP contribution is 2.28. The van der Waals surface area contributed by atoms with Crippen LogP contribution in [0.1, 0.15) is 39.0 Å². The Balaban J connectivity index is 1.95. The van der Waals surface area contributed by atoms with Crippen LogP contribution in [0.3, 0.4) is 0 Å². The van der Waals surface area contributed by atoms with Crippen LogP contribution in [0.5, 0.6) is 11.6 Å². The Kier molecular flexibility index (Phi) is 4.81. The molecule has 0 atom stereocenters. The zero-order valence-corrected chi connectivity index (χ0v) is 11.0. The summed E-state index contributed by atoms with van der Waals surface area (Å²) in [5.41, 5.74) is 5.89. The number of hydrogen-bond donors (Lipinski definition) is 1. The Bertz CT molecular complexity index is 363. The SMILES string of the molecule is CCCOc1cccnc1OC1CCC(N)CC1. The second kappa shape index (κ2) is 6.59. The number of pyridine rings is 1. The van der Waals surface area contributed by atoms with Gasteiger partial charge in [0.15, 0.2) is 5.75 Å². The first-order valence-electron chi connectivity index (χ1n) is 6.79. The van der Waals surface area contributed by atoms with Crippen molar-refractivity contribution in [1.29, 1.82) is 0 Å². The van der Waals surface area contributed by atoms with Crippen molar-refractivity contribution in [3.8, 4) is 11.6 Å². The zero-order chi connectivity index (χ0) is 12.8. The lowest BCUT2D eigenvalue weighted by molar-refractivity contribution is 0.134. The Morgan fingerprint density at radius 1 is 1.33 bits per heavy atom. The third-order valence-corrected chi connectivity index (χ3v) is 3.20. The van der Waals surface area contributed by atoms with Crippen LogP contribution >= 0.6 is 0 Å². The quantitative estimate of drug-likeness (QED) is 0.872. The summed E-state index contributed by atoms with van der Waals surface area (Å²) in [6, 6.07) is 4.12. The molecule has 1 heterocycles. The maximum absolute atomic E-state index is 5.94. The molecule has 1 aromatic heterocycles. The standard InChI is InChI=1S/C14H22N2O2/c1-2-10-17-13-4-3-9-16-14(13)18-12-7-5-11(15)6-8-12/h3-4,9,11-12H,2,5-8,10,15H2,1H3. The number of nitrogens with two attached hydrogens (primary N) is 1. The second-order valence-electron chi connectivity index (χ2n) is 4.81. The molecular formula is C14H22N2O2. The van der Waals surface area contributed by atoms with E-state index in [-0.39, 0.29) is 6.10 Å². The van der Waals surface area contributed by atoms with Crippen molar-refractivity contribution in [2.45, 2.75) is 51.2 Å². The minimum atomic E-state index is 0.226. The fourth-order valence-electron chi connectivity index (χ4n) is 2.15. The second-order valence-corrected chi connectivity index (χ2v) is 4.81. The van der Waals surface area contributed by atoms with Gasteiger partial charge in [-0.25, -0.2) is 4.98 Å². The molecule has 0 aliphatic heterocycles. The molecule has 0 spiro atoms.